The second kappa shape index (κ2) is 8.91. The fourth-order valence-corrected chi connectivity index (χ4v) is 2.53. The van der Waals surface area contributed by atoms with Crippen molar-refractivity contribution in [3.8, 4) is 5.75 Å². The molecule has 128 valence electrons. The van der Waals surface area contributed by atoms with Gasteiger partial charge in [-0.05, 0) is 41.3 Å². The van der Waals surface area contributed by atoms with Crippen LogP contribution in [0.4, 0.5) is 0 Å². The largest absolute Gasteiger partial charge is 0.482 e. The molecule has 0 spiro atoms. The van der Waals surface area contributed by atoms with E-state index in [9.17, 15) is 9.59 Å². The topological polar surface area (TPSA) is 75.6 Å². The first-order valence-corrected chi connectivity index (χ1v) is 8.23. The maximum absolute atomic E-state index is 11.7. The van der Waals surface area contributed by atoms with E-state index in [4.69, 9.17) is 9.84 Å². The van der Waals surface area contributed by atoms with Crippen LogP contribution in [-0.2, 0) is 16.0 Å². The highest BCUT2D eigenvalue weighted by atomic mass is 16.5. The minimum atomic E-state index is -1.00. The normalized spacial score (nSPS) is 10.5. The second-order valence-corrected chi connectivity index (χ2v) is 5.69. The zero-order chi connectivity index (χ0) is 17.4. The molecule has 0 atom stereocenters. The molecule has 2 N–H and O–H groups in total. The van der Waals surface area contributed by atoms with E-state index in [-0.39, 0.29) is 12.5 Å². The fraction of sp³-hybridized carbons (Fsp3) is 0.368. The smallest absolute Gasteiger partial charge is 0.341 e. The van der Waals surface area contributed by atoms with Gasteiger partial charge in [-0.3, -0.25) is 4.79 Å². The van der Waals surface area contributed by atoms with Crippen molar-refractivity contribution >= 4 is 22.6 Å². The van der Waals surface area contributed by atoms with E-state index >= 15 is 0 Å². The number of benzene rings is 2. The maximum atomic E-state index is 11.7. The Morgan fingerprint density at radius 2 is 2.04 bits per heavy atom. The number of rotatable bonds is 9. The first kappa shape index (κ1) is 17.8. The van der Waals surface area contributed by atoms with Crippen LogP contribution in [0.15, 0.2) is 36.4 Å². The molecule has 0 radical (unpaired) electrons. The number of hydrogen-bond donors (Lipinski definition) is 2. The molecule has 0 aliphatic rings. The van der Waals surface area contributed by atoms with Crippen molar-refractivity contribution in [3.05, 3.63) is 42.0 Å². The van der Waals surface area contributed by atoms with Gasteiger partial charge in [0.2, 0.25) is 5.91 Å². The Hall–Kier alpha value is -2.56. The van der Waals surface area contributed by atoms with Gasteiger partial charge < -0.3 is 15.2 Å². The average Bonchev–Trinajstić information content (AvgIpc) is 2.58. The monoisotopic (exact) mass is 329 g/mol. The zero-order valence-electron chi connectivity index (χ0n) is 13.9. The Balaban J connectivity index is 2.04. The third-order valence-electron chi connectivity index (χ3n) is 3.78. The molecule has 2 aromatic rings. The number of unbranched alkanes of at least 4 members (excludes halogenated alkanes) is 1. The summed E-state index contributed by atoms with van der Waals surface area (Å²) in [5.41, 5.74) is 1.10. The van der Waals surface area contributed by atoms with Crippen LogP contribution in [0.3, 0.4) is 0 Å². The minimum Gasteiger partial charge on any atom is -0.482 e. The lowest BCUT2D eigenvalue weighted by Crippen LogP contribution is -2.25. The molecule has 0 aromatic heterocycles. The standard InChI is InChI=1S/C19H23NO4/c1-2-3-7-18(21)20-11-10-15-6-4-5-14-8-9-16(12-17(14)15)24-13-19(22)23/h4-6,8-9,12H,2-3,7,10-11,13H2,1H3,(H,20,21)(H,22,23). The van der Waals surface area contributed by atoms with Crippen molar-refractivity contribution in [3.63, 3.8) is 0 Å². The van der Waals surface area contributed by atoms with Crippen molar-refractivity contribution in [2.75, 3.05) is 13.2 Å². The lowest BCUT2D eigenvalue weighted by molar-refractivity contribution is -0.139. The van der Waals surface area contributed by atoms with Crippen LogP contribution >= 0.6 is 0 Å². The summed E-state index contributed by atoms with van der Waals surface area (Å²) in [6.45, 7) is 2.29. The van der Waals surface area contributed by atoms with Gasteiger partial charge >= 0.3 is 5.97 Å². The number of carbonyl (C=O) groups is 2. The Morgan fingerprint density at radius 3 is 2.79 bits per heavy atom. The minimum absolute atomic E-state index is 0.0857. The van der Waals surface area contributed by atoms with E-state index in [1.807, 2.05) is 30.3 Å². The van der Waals surface area contributed by atoms with Gasteiger partial charge in [0.1, 0.15) is 5.75 Å². The summed E-state index contributed by atoms with van der Waals surface area (Å²) in [4.78, 5) is 22.3. The van der Waals surface area contributed by atoms with Crippen LogP contribution in [-0.4, -0.2) is 30.1 Å². The molecule has 0 aliphatic heterocycles. The van der Waals surface area contributed by atoms with Gasteiger partial charge in [-0.25, -0.2) is 4.79 Å². The van der Waals surface area contributed by atoms with E-state index in [2.05, 4.69) is 12.2 Å². The quantitative estimate of drug-likeness (QED) is 0.741. The summed E-state index contributed by atoms with van der Waals surface area (Å²) < 4.78 is 5.25. The molecule has 0 bridgehead atoms. The number of aliphatic carboxylic acids is 1. The van der Waals surface area contributed by atoms with Gasteiger partial charge in [-0.15, -0.1) is 0 Å². The lowest BCUT2D eigenvalue weighted by atomic mass is 10.0. The van der Waals surface area contributed by atoms with Gasteiger partial charge in [0.15, 0.2) is 6.61 Å². The van der Waals surface area contributed by atoms with Gasteiger partial charge in [0.05, 0.1) is 0 Å². The number of ether oxygens (including phenoxy) is 1. The van der Waals surface area contributed by atoms with Crippen LogP contribution in [0.25, 0.3) is 10.8 Å². The molecule has 0 saturated heterocycles. The fourth-order valence-electron chi connectivity index (χ4n) is 2.53. The SMILES string of the molecule is CCCCC(=O)NCCc1cccc2ccc(OCC(=O)O)cc12. The number of fused-ring (bicyclic) bond motifs is 1. The van der Waals surface area contributed by atoms with Crippen molar-refractivity contribution in [1.29, 1.82) is 0 Å². The van der Waals surface area contributed by atoms with Crippen LogP contribution in [0.5, 0.6) is 5.75 Å². The molecular formula is C19H23NO4. The highest BCUT2D eigenvalue weighted by Gasteiger charge is 2.06. The Morgan fingerprint density at radius 1 is 1.21 bits per heavy atom. The third-order valence-corrected chi connectivity index (χ3v) is 3.78. The third kappa shape index (κ3) is 5.26. The molecule has 5 nitrogen and oxygen atoms in total. The Bertz CT molecular complexity index is 712. The molecule has 2 rings (SSSR count). The second-order valence-electron chi connectivity index (χ2n) is 5.69. The van der Waals surface area contributed by atoms with Crippen LogP contribution in [0.1, 0.15) is 31.7 Å². The van der Waals surface area contributed by atoms with Crippen molar-refractivity contribution in [2.45, 2.75) is 32.6 Å². The Labute approximate surface area is 141 Å². The van der Waals surface area contributed by atoms with Crippen LogP contribution < -0.4 is 10.1 Å². The predicted octanol–water partition coefficient (Wildman–Crippen LogP) is 3.15. The summed E-state index contributed by atoms with van der Waals surface area (Å²) in [5.74, 6) is -0.384. The number of carboxylic acid groups (broad SMARTS) is 1. The highest BCUT2D eigenvalue weighted by molar-refractivity contribution is 5.87. The highest BCUT2D eigenvalue weighted by Crippen LogP contribution is 2.24. The predicted molar refractivity (Wildman–Crippen MR) is 93.3 cm³/mol. The average molecular weight is 329 g/mol. The van der Waals surface area contributed by atoms with Gasteiger partial charge in [-0.2, -0.15) is 0 Å². The number of carboxylic acids is 1. The van der Waals surface area contributed by atoms with E-state index in [0.717, 1.165) is 35.6 Å². The summed E-state index contributed by atoms with van der Waals surface area (Å²) in [7, 11) is 0. The first-order chi connectivity index (χ1) is 11.6. The summed E-state index contributed by atoms with van der Waals surface area (Å²) >= 11 is 0. The first-order valence-electron chi connectivity index (χ1n) is 8.23. The molecule has 5 heteroatoms. The molecule has 0 aliphatic carbocycles. The van der Waals surface area contributed by atoms with Crippen molar-refractivity contribution in [2.24, 2.45) is 0 Å². The Kier molecular flexibility index (Phi) is 6.61. The molecule has 0 fully saturated rings. The summed E-state index contributed by atoms with van der Waals surface area (Å²) in [6, 6.07) is 11.5. The number of nitrogens with one attached hydrogen (secondary N) is 1. The molecule has 0 saturated carbocycles. The van der Waals surface area contributed by atoms with Gasteiger partial charge in [-0.1, -0.05) is 37.6 Å². The van der Waals surface area contributed by atoms with Crippen LogP contribution in [0.2, 0.25) is 0 Å². The number of carbonyl (C=O) groups excluding carboxylic acids is 1. The molecule has 0 heterocycles. The van der Waals surface area contributed by atoms with E-state index in [1.165, 1.54) is 0 Å². The molecule has 0 unspecified atom stereocenters. The van der Waals surface area contributed by atoms with E-state index < -0.39 is 5.97 Å². The van der Waals surface area contributed by atoms with Crippen molar-refractivity contribution in [1.82, 2.24) is 5.32 Å². The summed E-state index contributed by atoms with van der Waals surface area (Å²) in [5, 5.41) is 13.7. The van der Waals surface area contributed by atoms with E-state index in [1.54, 1.807) is 6.07 Å². The molecule has 1 amide bonds. The molecular weight excluding hydrogens is 306 g/mol. The lowest BCUT2D eigenvalue weighted by Gasteiger charge is -2.10. The molecule has 2 aromatic carbocycles. The zero-order valence-corrected chi connectivity index (χ0v) is 13.9. The van der Waals surface area contributed by atoms with Gasteiger partial charge in [0, 0.05) is 13.0 Å². The maximum Gasteiger partial charge on any atom is 0.341 e. The van der Waals surface area contributed by atoms with Crippen molar-refractivity contribution < 1.29 is 19.4 Å². The van der Waals surface area contributed by atoms with Crippen LogP contribution in [0, 0.1) is 0 Å². The van der Waals surface area contributed by atoms with Gasteiger partial charge in [0.25, 0.3) is 0 Å². The van der Waals surface area contributed by atoms with E-state index in [0.29, 0.717) is 18.7 Å². The number of hydrogen-bond acceptors (Lipinski definition) is 3. The molecule has 24 heavy (non-hydrogen) atoms. The summed E-state index contributed by atoms with van der Waals surface area (Å²) in [6.07, 6.45) is 3.21. The number of amides is 1.